The van der Waals surface area contributed by atoms with E-state index in [1.165, 1.54) is 0 Å². The van der Waals surface area contributed by atoms with E-state index in [4.69, 9.17) is 10.2 Å². The molecule has 0 aliphatic rings. The van der Waals surface area contributed by atoms with Gasteiger partial charge in [-0.25, -0.2) is 9.18 Å². The number of hydrogen-bond donors (Lipinski definition) is 3. The van der Waals surface area contributed by atoms with Crippen LogP contribution >= 0.6 is 0 Å². The third-order valence-electron chi connectivity index (χ3n) is 1.31. The van der Waals surface area contributed by atoms with Crippen LogP contribution in [-0.4, -0.2) is 41.9 Å². The Labute approximate surface area is 89.2 Å². The molecule has 0 aliphatic heterocycles. The highest BCUT2D eigenvalue weighted by Crippen LogP contribution is 1.95. The molecule has 3 N–H and O–H groups in total. The maximum atomic E-state index is 12.5. The zero-order valence-corrected chi connectivity index (χ0v) is 9.36. The number of carbonyl (C=O) groups excluding carboxylic acids is 1. The molecule has 0 saturated carbocycles. The van der Waals surface area contributed by atoms with Crippen LogP contribution in [0.5, 0.6) is 0 Å². The molecule has 6 heteroatoms. The van der Waals surface area contributed by atoms with E-state index in [2.05, 4.69) is 4.74 Å². The monoisotopic (exact) mass is 225 g/mol. The number of carbonyl (C=O) groups is 1. The van der Waals surface area contributed by atoms with Gasteiger partial charge in [-0.05, 0) is 6.42 Å². The van der Waals surface area contributed by atoms with Gasteiger partial charge >= 0.3 is 6.09 Å². The molecule has 1 atom stereocenters. The summed E-state index contributed by atoms with van der Waals surface area (Å²) in [6, 6.07) is 0. The minimum Gasteiger partial charge on any atom is -0.441 e. The molecule has 0 saturated heterocycles. The van der Waals surface area contributed by atoms with Gasteiger partial charge in [-0.2, -0.15) is 0 Å². The van der Waals surface area contributed by atoms with Crippen molar-refractivity contribution in [1.29, 1.82) is 0 Å². The van der Waals surface area contributed by atoms with Crippen LogP contribution in [0.2, 0.25) is 0 Å². The van der Waals surface area contributed by atoms with E-state index < -0.39 is 31.7 Å². The van der Waals surface area contributed by atoms with Gasteiger partial charge in [0.05, 0.1) is 13.2 Å². The molecular formula is C9H20FNO4. The van der Waals surface area contributed by atoms with Crippen molar-refractivity contribution in [3.63, 3.8) is 0 Å². The summed E-state index contributed by atoms with van der Waals surface area (Å²) in [7, 11) is 0. The molecule has 0 aromatic carbocycles. The van der Waals surface area contributed by atoms with Crippen molar-refractivity contribution in [1.82, 2.24) is 5.32 Å². The lowest BCUT2D eigenvalue weighted by atomic mass is 10.4. The standard InChI is InChI=1S/C7H14FNO4.C2H6/c1-2-6(8)9-7(12)13-5(3-10)4-11;1-2/h5-6,10-11H,2-4H2,1H3,(H,9,12);1-2H3. The second-order valence-corrected chi connectivity index (χ2v) is 2.41. The van der Waals surface area contributed by atoms with Crippen LogP contribution in [0.4, 0.5) is 9.18 Å². The second kappa shape index (κ2) is 11.2. The minimum absolute atomic E-state index is 0.137. The summed E-state index contributed by atoms with van der Waals surface area (Å²) >= 11 is 0. The molecule has 1 amide bonds. The maximum Gasteiger partial charge on any atom is 0.409 e. The average molecular weight is 225 g/mol. The van der Waals surface area contributed by atoms with E-state index >= 15 is 0 Å². The van der Waals surface area contributed by atoms with Crippen LogP contribution in [0.15, 0.2) is 0 Å². The highest BCUT2D eigenvalue weighted by atomic mass is 19.1. The van der Waals surface area contributed by atoms with E-state index in [-0.39, 0.29) is 6.42 Å². The molecular weight excluding hydrogens is 205 g/mol. The quantitative estimate of drug-likeness (QED) is 0.605. The lowest BCUT2D eigenvalue weighted by molar-refractivity contribution is 0.0180. The predicted molar refractivity (Wildman–Crippen MR) is 54.1 cm³/mol. The fourth-order valence-corrected chi connectivity index (χ4v) is 0.548. The lowest BCUT2D eigenvalue weighted by Crippen LogP contribution is -2.36. The fraction of sp³-hybridized carbons (Fsp3) is 0.889. The topological polar surface area (TPSA) is 78.8 Å². The maximum absolute atomic E-state index is 12.5. The molecule has 0 bridgehead atoms. The summed E-state index contributed by atoms with van der Waals surface area (Å²) in [6.07, 6.45) is -3.31. The Balaban J connectivity index is 0. The largest absolute Gasteiger partial charge is 0.441 e. The Morgan fingerprint density at radius 2 is 1.87 bits per heavy atom. The molecule has 0 rings (SSSR count). The Kier molecular flexibility index (Phi) is 12.4. The van der Waals surface area contributed by atoms with Crippen molar-refractivity contribution >= 4 is 6.09 Å². The van der Waals surface area contributed by atoms with E-state index in [0.29, 0.717) is 0 Å². The molecule has 0 aliphatic carbocycles. The second-order valence-electron chi connectivity index (χ2n) is 2.41. The summed E-state index contributed by atoms with van der Waals surface area (Å²) < 4.78 is 16.9. The summed E-state index contributed by atoms with van der Waals surface area (Å²) in [5, 5.41) is 18.9. The summed E-state index contributed by atoms with van der Waals surface area (Å²) in [5.74, 6) is 0. The number of amides is 1. The molecule has 0 heterocycles. The first-order valence-electron chi connectivity index (χ1n) is 4.97. The molecule has 1 unspecified atom stereocenters. The first kappa shape index (κ1) is 16.5. The predicted octanol–water partition coefficient (Wildman–Crippen LogP) is 0.798. The molecule has 0 fully saturated rings. The van der Waals surface area contributed by atoms with Gasteiger partial charge in [-0.3, -0.25) is 5.32 Å². The number of ether oxygens (including phenoxy) is 1. The van der Waals surface area contributed by atoms with Gasteiger partial charge in [0.1, 0.15) is 6.10 Å². The van der Waals surface area contributed by atoms with Crippen LogP contribution in [0.1, 0.15) is 27.2 Å². The number of halogens is 1. The van der Waals surface area contributed by atoms with Crippen molar-refractivity contribution in [2.24, 2.45) is 0 Å². The molecule has 0 aromatic heterocycles. The Morgan fingerprint density at radius 1 is 1.40 bits per heavy atom. The Hall–Kier alpha value is -0.880. The van der Waals surface area contributed by atoms with Crippen molar-refractivity contribution in [3.05, 3.63) is 0 Å². The van der Waals surface area contributed by atoms with Gasteiger partial charge in [0, 0.05) is 0 Å². The van der Waals surface area contributed by atoms with Gasteiger partial charge in [0.25, 0.3) is 0 Å². The van der Waals surface area contributed by atoms with Crippen molar-refractivity contribution in [2.75, 3.05) is 13.2 Å². The average Bonchev–Trinajstić information content (AvgIpc) is 2.28. The third-order valence-corrected chi connectivity index (χ3v) is 1.31. The number of rotatable bonds is 5. The van der Waals surface area contributed by atoms with Gasteiger partial charge < -0.3 is 14.9 Å². The normalized spacial score (nSPS) is 11.4. The summed E-state index contributed by atoms with van der Waals surface area (Å²) in [6.45, 7) is 4.57. The van der Waals surface area contributed by atoms with Crippen LogP contribution < -0.4 is 5.32 Å². The van der Waals surface area contributed by atoms with Crippen LogP contribution in [-0.2, 0) is 4.74 Å². The van der Waals surface area contributed by atoms with E-state index in [0.717, 1.165) is 0 Å². The van der Waals surface area contributed by atoms with Crippen molar-refractivity contribution in [3.8, 4) is 0 Å². The molecule has 0 spiro atoms. The zero-order chi connectivity index (χ0) is 12.3. The van der Waals surface area contributed by atoms with Crippen molar-refractivity contribution in [2.45, 2.75) is 39.6 Å². The lowest BCUT2D eigenvalue weighted by Gasteiger charge is -2.14. The van der Waals surface area contributed by atoms with Crippen LogP contribution in [0.3, 0.4) is 0 Å². The van der Waals surface area contributed by atoms with Gasteiger partial charge in [0.15, 0.2) is 6.30 Å². The summed E-state index contributed by atoms with van der Waals surface area (Å²) in [4.78, 5) is 10.7. The highest BCUT2D eigenvalue weighted by molar-refractivity contribution is 5.67. The van der Waals surface area contributed by atoms with Gasteiger partial charge in [-0.15, -0.1) is 0 Å². The van der Waals surface area contributed by atoms with E-state index in [9.17, 15) is 9.18 Å². The third kappa shape index (κ3) is 9.42. The van der Waals surface area contributed by atoms with Crippen LogP contribution in [0.25, 0.3) is 0 Å². The number of aliphatic hydroxyl groups is 2. The molecule has 15 heavy (non-hydrogen) atoms. The number of nitrogens with one attached hydrogen (secondary N) is 1. The first-order chi connectivity index (χ1) is 7.13. The van der Waals surface area contributed by atoms with Gasteiger partial charge in [0.2, 0.25) is 0 Å². The number of alkyl halides is 1. The Morgan fingerprint density at radius 3 is 2.20 bits per heavy atom. The highest BCUT2D eigenvalue weighted by Gasteiger charge is 2.14. The first-order valence-corrected chi connectivity index (χ1v) is 4.97. The van der Waals surface area contributed by atoms with Gasteiger partial charge in [-0.1, -0.05) is 20.8 Å². The molecule has 5 nitrogen and oxygen atoms in total. The van der Waals surface area contributed by atoms with Crippen molar-refractivity contribution < 1.29 is 24.1 Å². The molecule has 92 valence electrons. The molecule has 0 radical (unpaired) electrons. The smallest absolute Gasteiger partial charge is 0.409 e. The zero-order valence-electron chi connectivity index (χ0n) is 9.36. The summed E-state index contributed by atoms with van der Waals surface area (Å²) in [5.41, 5.74) is 0. The number of aliphatic hydroxyl groups excluding tert-OH is 2. The Bertz CT molecular complexity index is 153. The molecule has 0 aromatic rings. The number of hydrogen-bond acceptors (Lipinski definition) is 4. The van der Waals surface area contributed by atoms with E-state index in [1.807, 2.05) is 19.2 Å². The van der Waals surface area contributed by atoms with E-state index in [1.54, 1.807) is 6.92 Å². The SMILES string of the molecule is CC.CCC(F)NC(=O)OC(CO)CO. The minimum atomic E-state index is -1.47. The fourth-order valence-electron chi connectivity index (χ4n) is 0.548. The number of alkyl carbamates (subject to hydrolysis) is 1. The van der Waals surface area contributed by atoms with Crippen LogP contribution in [0, 0.1) is 0 Å².